The Bertz CT molecular complexity index is 475. The lowest BCUT2D eigenvalue weighted by Crippen LogP contribution is -2.35. The van der Waals surface area contributed by atoms with Gasteiger partial charge in [-0.3, -0.25) is 0 Å². The van der Waals surface area contributed by atoms with Crippen molar-refractivity contribution in [1.29, 1.82) is 0 Å². The molecule has 5 heteroatoms. The van der Waals surface area contributed by atoms with Gasteiger partial charge in [-0.25, -0.2) is 9.97 Å². The van der Waals surface area contributed by atoms with Gasteiger partial charge in [0.1, 0.15) is 11.5 Å². The summed E-state index contributed by atoms with van der Waals surface area (Å²) in [4.78, 5) is 8.11. The van der Waals surface area contributed by atoms with Gasteiger partial charge in [-0.15, -0.1) is 11.6 Å². The first-order chi connectivity index (χ1) is 7.81. The highest BCUT2D eigenvalue weighted by molar-refractivity contribution is 6.29. The van der Waals surface area contributed by atoms with Crippen LogP contribution in [0.25, 0.3) is 12.2 Å². The number of fused-ring (bicyclic) bond motifs is 1. The minimum absolute atomic E-state index is 0.0710. The zero-order valence-electron chi connectivity index (χ0n) is 8.70. The summed E-state index contributed by atoms with van der Waals surface area (Å²) in [5.41, 5.74) is 0. The van der Waals surface area contributed by atoms with Gasteiger partial charge < -0.3 is 4.74 Å². The van der Waals surface area contributed by atoms with E-state index >= 15 is 0 Å². The molecule has 1 aromatic rings. The number of hydrogen-bond donors (Lipinski definition) is 0. The van der Waals surface area contributed by atoms with Gasteiger partial charge in [-0.1, -0.05) is 17.7 Å². The summed E-state index contributed by atoms with van der Waals surface area (Å²) in [7, 11) is 0. The average molecular weight is 259 g/mol. The molecule has 0 bridgehead atoms. The summed E-state index contributed by atoms with van der Waals surface area (Å²) in [5, 5.41) is 2.25. The summed E-state index contributed by atoms with van der Waals surface area (Å²) in [6.07, 6.45) is 7.21. The molecule has 0 radical (unpaired) electrons. The minimum atomic E-state index is 0.0710. The standard InChI is InChI=1S/C11H12Cl2N2O/c12-4-1-5-16-8-2-3-9-10(6-8)14-7-15-11(9)13/h3,6-8H,1-2,4-5H2. The topological polar surface area (TPSA) is 35.0 Å². The summed E-state index contributed by atoms with van der Waals surface area (Å²) < 4.78 is 5.65. The SMILES string of the molecule is ClCCCOC1C=c2ncnc(Cl)c2=CC1. The average Bonchev–Trinajstić information content (AvgIpc) is 2.30. The fraction of sp³-hybridized carbons (Fsp3) is 0.455. The van der Waals surface area contributed by atoms with Crippen molar-refractivity contribution in [2.24, 2.45) is 0 Å². The normalized spacial score (nSPS) is 18.5. The molecule has 16 heavy (non-hydrogen) atoms. The van der Waals surface area contributed by atoms with Crippen molar-refractivity contribution in [2.45, 2.75) is 18.9 Å². The van der Waals surface area contributed by atoms with E-state index in [0.29, 0.717) is 17.6 Å². The van der Waals surface area contributed by atoms with Crippen LogP contribution in [0, 0.1) is 0 Å². The maximum absolute atomic E-state index is 5.96. The Morgan fingerprint density at radius 3 is 3.12 bits per heavy atom. The number of aromatic nitrogens is 2. The lowest BCUT2D eigenvalue weighted by molar-refractivity contribution is 0.0994. The van der Waals surface area contributed by atoms with E-state index in [0.717, 1.165) is 23.4 Å². The zero-order chi connectivity index (χ0) is 11.4. The molecule has 0 saturated heterocycles. The Kier molecular flexibility index (Phi) is 4.16. The third kappa shape index (κ3) is 2.73. The lowest BCUT2D eigenvalue weighted by atomic mass is 10.1. The summed E-state index contributed by atoms with van der Waals surface area (Å²) in [6, 6.07) is 0. The first-order valence-corrected chi connectivity index (χ1v) is 6.08. The zero-order valence-corrected chi connectivity index (χ0v) is 10.2. The van der Waals surface area contributed by atoms with Gasteiger partial charge in [0, 0.05) is 17.7 Å². The minimum Gasteiger partial charge on any atom is -0.374 e. The van der Waals surface area contributed by atoms with Crippen molar-refractivity contribution < 1.29 is 4.74 Å². The van der Waals surface area contributed by atoms with E-state index in [1.165, 1.54) is 6.33 Å². The molecule has 0 saturated carbocycles. The van der Waals surface area contributed by atoms with Crippen LogP contribution >= 0.6 is 23.2 Å². The predicted molar refractivity (Wildman–Crippen MR) is 64.9 cm³/mol. The number of ether oxygens (including phenoxy) is 1. The molecule has 1 aliphatic rings. The van der Waals surface area contributed by atoms with Gasteiger partial charge in [0.05, 0.1) is 11.5 Å². The van der Waals surface area contributed by atoms with Gasteiger partial charge in [0.15, 0.2) is 0 Å². The third-order valence-electron chi connectivity index (χ3n) is 2.37. The van der Waals surface area contributed by atoms with Crippen molar-refractivity contribution in [3.05, 3.63) is 22.0 Å². The largest absolute Gasteiger partial charge is 0.374 e. The highest BCUT2D eigenvalue weighted by Gasteiger charge is 2.09. The summed E-state index contributed by atoms with van der Waals surface area (Å²) in [5.74, 6) is 0.626. The number of rotatable bonds is 4. The molecule has 0 amide bonds. The highest BCUT2D eigenvalue weighted by Crippen LogP contribution is 2.06. The van der Waals surface area contributed by atoms with Crippen LogP contribution in [0.1, 0.15) is 12.8 Å². The molecule has 1 aromatic heterocycles. The molecule has 1 heterocycles. The van der Waals surface area contributed by atoms with Crippen LogP contribution in [0.4, 0.5) is 0 Å². The van der Waals surface area contributed by atoms with E-state index in [1.807, 2.05) is 12.2 Å². The second kappa shape index (κ2) is 5.62. The van der Waals surface area contributed by atoms with Crippen LogP contribution < -0.4 is 10.6 Å². The van der Waals surface area contributed by atoms with Crippen LogP contribution in [0.3, 0.4) is 0 Å². The quantitative estimate of drug-likeness (QED) is 0.461. The van der Waals surface area contributed by atoms with Crippen LogP contribution in [0.15, 0.2) is 6.33 Å². The maximum Gasteiger partial charge on any atom is 0.139 e. The van der Waals surface area contributed by atoms with E-state index in [4.69, 9.17) is 27.9 Å². The Balaban J connectivity index is 2.14. The molecule has 3 nitrogen and oxygen atoms in total. The Morgan fingerprint density at radius 1 is 1.44 bits per heavy atom. The van der Waals surface area contributed by atoms with Gasteiger partial charge >= 0.3 is 0 Å². The number of alkyl halides is 1. The molecule has 0 spiro atoms. The fourth-order valence-electron chi connectivity index (χ4n) is 1.59. The molecular weight excluding hydrogens is 247 g/mol. The van der Waals surface area contributed by atoms with Crippen LogP contribution in [-0.2, 0) is 4.74 Å². The molecule has 0 N–H and O–H groups in total. The molecular formula is C11H12Cl2N2O. The Hall–Kier alpha value is -0.640. The predicted octanol–water partition coefficient (Wildman–Crippen LogP) is 1.11. The van der Waals surface area contributed by atoms with Crippen molar-refractivity contribution in [1.82, 2.24) is 9.97 Å². The first kappa shape index (κ1) is 11.8. The summed E-state index contributed by atoms with van der Waals surface area (Å²) >= 11 is 11.5. The first-order valence-electron chi connectivity index (χ1n) is 5.17. The molecule has 1 atom stereocenters. The van der Waals surface area contributed by atoms with Crippen LogP contribution in [0.5, 0.6) is 0 Å². The second-order valence-corrected chi connectivity index (χ2v) is 4.26. The Morgan fingerprint density at radius 2 is 2.31 bits per heavy atom. The van der Waals surface area contributed by atoms with Crippen LogP contribution in [0.2, 0.25) is 5.15 Å². The van der Waals surface area contributed by atoms with Gasteiger partial charge in [0.2, 0.25) is 0 Å². The fourth-order valence-corrected chi connectivity index (χ4v) is 1.92. The molecule has 1 unspecified atom stereocenters. The second-order valence-electron chi connectivity index (χ2n) is 3.52. The van der Waals surface area contributed by atoms with E-state index < -0.39 is 0 Å². The molecule has 2 rings (SSSR count). The van der Waals surface area contributed by atoms with Crippen molar-refractivity contribution in [3.8, 4) is 0 Å². The highest BCUT2D eigenvalue weighted by atomic mass is 35.5. The monoisotopic (exact) mass is 258 g/mol. The third-order valence-corrected chi connectivity index (χ3v) is 2.94. The van der Waals surface area contributed by atoms with E-state index in [-0.39, 0.29) is 6.10 Å². The number of hydrogen-bond acceptors (Lipinski definition) is 3. The van der Waals surface area contributed by atoms with Gasteiger partial charge in [0.25, 0.3) is 0 Å². The van der Waals surface area contributed by atoms with E-state index in [2.05, 4.69) is 9.97 Å². The van der Waals surface area contributed by atoms with Crippen molar-refractivity contribution in [2.75, 3.05) is 12.5 Å². The molecule has 0 aromatic carbocycles. The van der Waals surface area contributed by atoms with Gasteiger partial charge in [-0.2, -0.15) is 0 Å². The maximum atomic E-state index is 5.96. The molecule has 86 valence electrons. The smallest absolute Gasteiger partial charge is 0.139 e. The summed E-state index contributed by atoms with van der Waals surface area (Å²) in [6.45, 7) is 0.673. The molecule has 0 fully saturated rings. The van der Waals surface area contributed by atoms with Gasteiger partial charge in [-0.05, 0) is 18.9 Å². The van der Waals surface area contributed by atoms with Crippen LogP contribution in [-0.4, -0.2) is 28.6 Å². The molecule has 0 aliphatic heterocycles. The molecule has 1 aliphatic carbocycles. The van der Waals surface area contributed by atoms with E-state index in [1.54, 1.807) is 0 Å². The lowest BCUT2D eigenvalue weighted by Gasteiger charge is -2.14. The number of halogens is 2. The Labute approximate surface area is 104 Å². The van der Waals surface area contributed by atoms with Crippen molar-refractivity contribution in [3.63, 3.8) is 0 Å². The van der Waals surface area contributed by atoms with E-state index in [9.17, 15) is 0 Å². The number of nitrogens with zero attached hydrogens (tertiary/aromatic N) is 2. The van der Waals surface area contributed by atoms with Crippen molar-refractivity contribution >= 4 is 35.4 Å².